The van der Waals surface area contributed by atoms with Gasteiger partial charge in [-0.1, -0.05) is 13.8 Å². The summed E-state index contributed by atoms with van der Waals surface area (Å²) in [5.74, 6) is -0.956. The minimum absolute atomic E-state index is 0.135. The van der Waals surface area contributed by atoms with Gasteiger partial charge in [0.1, 0.15) is 0 Å². The van der Waals surface area contributed by atoms with Crippen molar-refractivity contribution in [2.45, 2.75) is 32.7 Å². The Bertz CT molecular complexity index is 372. The molecule has 0 spiro atoms. The molecule has 0 radical (unpaired) electrons. The molecule has 0 aliphatic heterocycles. The van der Waals surface area contributed by atoms with E-state index in [1.807, 2.05) is 4.57 Å². The van der Waals surface area contributed by atoms with Crippen LogP contribution >= 0.6 is 0 Å². The fraction of sp³-hybridized carbons (Fsp3) is 0.600. The van der Waals surface area contributed by atoms with Crippen molar-refractivity contribution in [3.05, 3.63) is 18.2 Å². The van der Waals surface area contributed by atoms with E-state index in [9.17, 15) is 4.79 Å². The van der Waals surface area contributed by atoms with Crippen molar-refractivity contribution in [1.82, 2.24) is 9.55 Å². The minimum atomic E-state index is -0.956. The summed E-state index contributed by atoms with van der Waals surface area (Å²) in [6.07, 6.45) is 5.49. The maximum Gasteiger partial charge on any atom is 0.356 e. The van der Waals surface area contributed by atoms with Crippen LogP contribution in [0.15, 0.2) is 12.5 Å². The third kappa shape index (κ3) is 1.31. The Morgan fingerprint density at radius 3 is 3.00 bits per heavy atom. The van der Waals surface area contributed by atoms with Gasteiger partial charge in [0.15, 0.2) is 5.69 Å². The van der Waals surface area contributed by atoms with Crippen molar-refractivity contribution in [2.24, 2.45) is 5.41 Å². The van der Waals surface area contributed by atoms with Crippen LogP contribution in [-0.2, 0) is 0 Å². The summed E-state index contributed by atoms with van der Waals surface area (Å²) in [5, 5.41) is 8.71. The van der Waals surface area contributed by atoms with Crippen molar-refractivity contribution < 1.29 is 9.90 Å². The van der Waals surface area contributed by atoms with E-state index < -0.39 is 5.97 Å². The number of hydrogen-bond donors (Lipinski definition) is 1. The molecule has 1 saturated carbocycles. The van der Waals surface area contributed by atoms with Crippen molar-refractivity contribution in [3.8, 4) is 0 Å². The highest BCUT2D eigenvalue weighted by molar-refractivity contribution is 5.84. The minimum Gasteiger partial charge on any atom is -0.476 e. The number of nitrogens with zero attached hydrogens (tertiary/aromatic N) is 2. The van der Waals surface area contributed by atoms with Gasteiger partial charge in [-0.25, -0.2) is 9.78 Å². The molecule has 14 heavy (non-hydrogen) atoms. The Morgan fingerprint density at radius 2 is 2.57 bits per heavy atom. The van der Waals surface area contributed by atoms with Crippen LogP contribution in [0.1, 0.15) is 43.2 Å². The molecule has 1 heterocycles. The van der Waals surface area contributed by atoms with Crippen LogP contribution in [0.5, 0.6) is 0 Å². The number of imidazole rings is 1. The van der Waals surface area contributed by atoms with Crippen LogP contribution in [0.25, 0.3) is 0 Å². The first-order valence-corrected chi connectivity index (χ1v) is 4.83. The van der Waals surface area contributed by atoms with Crippen LogP contribution < -0.4 is 0 Å². The number of carboxylic acids is 1. The zero-order chi connectivity index (χ0) is 10.3. The first-order chi connectivity index (χ1) is 6.57. The average molecular weight is 194 g/mol. The van der Waals surface area contributed by atoms with Crippen molar-refractivity contribution in [2.75, 3.05) is 0 Å². The quantitative estimate of drug-likeness (QED) is 0.800. The molecule has 2 rings (SSSR count). The van der Waals surface area contributed by atoms with Crippen molar-refractivity contribution in [1.29, 1.82) is 0 Å². The van der Waals surface area contributed by atoms with Gasteiger partial charge in [0, 0.05) is 12.2 Å². The highest BCUT2D eigenvalue weighted by atomic mass is 16.4. The maximum absolute atomic E-state index is 10.6. The third-order valence-corrected chi connectivity index (χ3v) is 3.29. The lowest BCUT2D eigenvalue weighted by atomic mass is 10.1. The molecule has 4 heteroatoms. The SMILES string of the molecule is CCC1(C)CC1n1cnc(C(=O)O)c1. The Morgan fingerprint density at radius 1 is 1.86 bits per heavy atom. The van der Waals surface area contributed by atoms with E-state index in [0.29, 0.717) is 11.5 Å². The summed E-state index contributed by atoms with van der Waals surface area (Å²) in [6.45, 7) is 4.38. The van der Waals surface area contributed by atoms with Gasteiger partial charge in [0.05, 0.1) is 6.33 Å². The van der Waals surface area contributed by atoms with Gasteiger partial charge in [-0.15, -0.1) is 0 Å². The van der Waals surface area contributed by atoms with E-state index in [1.165, 1.54) is 0 Å². The normalized spacial score (nSPS) is 30.3. The standard InChI is InChI=1S/C10H14N2O2/c1-3-10(2)4-8(10)12-5-7(9(13)14)11-6-12/h5-6,8H,3-4H2,1-2H3,(H,13,14). The van der Waals surface area contributed by atoms with E-state index in [2.05, 4.69) is 18.8 Å². The van der Waals surface area contributed by atoms with Crippen LogP contribution in [-0.4, -0.2) is 20.6 Å². The van der Waals surface area contributed by atoms with Crippen LogP contribution in [0.2, 0.25) is 0 Å². The molecule has 2 unspecified atom stereocenters. The topological polar surface area (TPSA) is 55.1 Å². The summed E-state index contributed by atoms with van der Waals surface area (Å²) in [7, 11) is 0. The van der Waals surface area contributed by atoms with E-state index in [1.54, 1.807) is 12.5 Å². The third-order valence-electron chi connectivity index (χ3n) is 3.29. The van der Waals surface area contributed by atoms with Gasteiger partial charge in [-0.3, -0.25) is 0 Å². The number of hydrogen-bond acceptors (Lipinski definition) is 2. The van der Waals surface area contributed by atoms with E-state index in [-0.39, 0.29) is 5.69 Å². The monoisotopic (exact) mass is 194 g/mol. The molecule has 1 aliphatic rings. The van der Waals surface area contributed by atoms with Crippen molar-refractivity contribution >= 4 is 5.97 Å². The van der Waals surface area contributed by atoms with Crippen LogP contribution in [0, 0.1) is 5.41 Å². The van der Waals surface area contributed by atoms with Gasteiger partial charge in [-0.05, 0) is 18.3 Å². The largest absolute Gasteiger partial charge is 0.476 e. The number of carbonyl (C=O) groups is 1. The zero-order valence-corrected chi connectivity index (χ0v) is 8.40. The fourth-order valence-electron chi connectivity index (χ4n) is 1.85. The molecule has 0 amide bonds. The number of rotatable bonds is 3. The fourth-order valence-corrected chi connectivity index (χ4v) is 1.85. The molecule has 76 valence electrons. The number of aromatic carboxylic acids is 1. The summed E-state index contributed by atoms with van der Waals surface area (Å²) in [6, 6.07) is 0.438. The smallest absolute Gasteiger partial charge is 0.356 e. The lowest BCUT2D eigenvalue weighted by molar-refractivity contribution is 0.0691. The molecule has 4 nitrogen and oxygen atoms in total. The van der Waals surface area contributed by atoms with Gasteiger partial charge in [-0.2, -0.15) is 0 Å². The molecule has 2 atom stereocenters. The predicted octanol–water partition coefficient (Wildman–Crippen LogP) is 1.94. The highest BCUT2D eigenvalue weighted by Gasteiger charge is 2.49. The molecule has 1 aromatic heterocycles. The highest BCUT2D eigenvalue weighted by Crippen LogP contribution is 2.58. The molecule has 0 saturated heterocycles. The van der Waals surface area contributed by atoms with Crippen LogP contribution in [0.3, 0.4) is 0 Å². The Labute approximate surface area is 82.6 Å². The van der Waals surface area contributed by atoms with Gasteiger partial charge in [0.25, 0.3) is 0 Å². The molecular formula is C10H14N2O2. The lowest BCUT2D eigenvalue weighted by Gasteiger charge is -2.07. The predicted molar refractivity (Wildman–Crippen MR) is 51.2 cm³/mol. The second-order valence-electron chi connectivity index (χ2n) is 4.24. The summed E-state index contributed by atoms with van der Waals surface area (Å²) < 4.78 is 1.92. The second-order valence-corrected chi connectivity index (χ2v) is 4.24. The van der Waals surface area contributed by atoms with Gasteiger partial charge >= 0.3 is 5.97 Å². The van der Waals surface area contributed by atoms with Crippen LogP contribution in [0.4, 0.5) is 0 Å². The van der Waals surface area contributed by atoms with E-state index in [0.717, 1.165) is 12.8 Å². The van der Waals surface area contributed by atoms with E-state index in [4.69, 9.17) is 5.11 Å². The summed E-state index contributed by atoms with van der Waals surface area (Å²) in [5.41, 5.74) is 0.478. The molecule has 1 fully saturated rings. The summed E-state index contributed by atoms with van der Waals surface area (Å²) in [4.78, 5) is 14.5. The number of aromatic nitrogens is 2. The molecule has 1 aromatic rings. The lowest BCUT2D eigenvalue weighted by Crippen LogP contribution is -2.01. The summed E-state index contributed by atoms with van der Waals surface area (Å²) >= 11 is 0. The molecule has 0 aromatic carbocycles. The van der Waals surface area contributed by atoms with Crippen molar-refractivity contribution in [3.63, 3.8) is 0 Å². The first-order valence-electron chi connectivity index (χ1n) is 4.83. The molecular weight excluding hydrogens is 180 g/mol. The Kier molecular flexibility index (Phi) is 1.87. The van der Waals surface area contributed by atoms with E-state index >= 15 is 0 Å². The Balaban J connectivity index is 2.16. The second kappa shape index (κ2) is 2.83. The van der Waals surface area contributed by atoms with Gasteiger partial charge < -0.3 is 9.67 Å². The average Bonchev–Trinajstić information content (AvgIpc) is 2.65. The zero-order valence-electron chi connectivity index (χ0n) is 8.40. The van der Waals surface area contributed by atoms with Gasteiger partial charge in [0.2, 0.25) is 0 Å². The molecule has 1 N–H and O–H groups in total. The first kappa shape index (κ1) is 9.24. The number of carboxylic acid groups (broad SMARTS) is 1. The molecule has 0 bridgehead atoms. The maximum atomic E-state index is 10.6. The molecule has 1 aliphatic carbocycles. The Hall–Kier alpha value is -1.32.